The molecule has 0 unspecified atom stereocenters. The van der Waals surface area contributed by atoms with Gasteiger partial charge in [-0.25, -0.2) is 0 Å². The van der Waals surface area contributed by atoms with Crippen LogP contribution in [0.1, 0.15) is 0 Å². The van der Waals surface area contributed by atoms with Gasteiger partial charge in [-0.1, -0.05) is 115 Å². The van der Waals surface area contributed by atoms with Crippen LogP contribution in [0.3, 0.4) is 0 Å². The first-order valence-corrected chi connectivity index (χ1v) is 18.0. The minimum absolute atomic E-state index is 0.857. The van der Waals surface area contributed by atoms with Crippen LogP contribution < -0.4 is 4.90 Å². The van der Waals surface area contributed by atoms with Gasteiger partial charge in [0.05, 0.1) is 0 Å². The van der Waals surface area contributed by atoms with Gasteiger partial charge >= 0.3 is 0 Å². The number of benzene rings is 9. The van der Waals surface area contributed by atoms with Crippen LogP contribution in [0, 0.1) is 0 Å². The van der Waals surface area contributed by atoms with Crippen LogP contribution in [0.15, 0.2) is 197 Å². The first-order valence-electron chi connectivity index (χ1n) is 18.0. The maximum Gasteiger partial charge on any atom is 0.137 e. The second-order valence-corrected chi connectivity index (χ2v) is 13.7. The summed E-state index contributed by atoms with van der Waals surface area (Å²) in [7, 11) is 0. The highest BCUT2D eigenvalue weighted by Crippen LogP contribution is 2.43. The highest BCUT2D eigenvalue weighted by molar-refractivity contribution is 6.20. The molecule has 3 nitrogen and oxygen atoms in total. The van der Waals surface area contributed by atoms with Crippen LogP contribution in [0.2, 0.25) is 0 Å². The van der Waals surface area contributed by atoms with Crippen LogP contribution in [0.5, 0.6) is 0 Å². The number of hydrogen-bond acceptors (Lipinski definition) is 3. The SMILES string of the molecule is c1ccc(-c2ccc3ccc4oc5ccc(N(c6ccc(-c7ccc8ccccc8c7)cc6)c6ccc7c(c6)oc6ccccc67)cc5c4c3c2)cc1. The van der Waals surface area contributed by atoms with E-state index in [1.807, 2.05) is 12.1 Å². The third-order valence-electron chi connectivity index (χ3n) is 10.6. The van der Waals surface area contributed by atoms with E-state index >= 15 is 0 Å². The zero-order chi connectivity index (χ0) is 34.9. The van der Waals surface area contributed by atoms with Gasteiger partial charge in [0.2, 0.25) is 0 Å². The number of rotatable bonds is 5. The Morgan fingerprint density at radius 2 is 0.868 bits per heavy atom. The second kappa shape index (κ2) is 11.7. The van der Waals surface area contributed by atoms with Crippen molar-refractivity contribution in [3.63, 3.8) is 0 Å². The normalized spacial score (nSPS) is 11.8. The van der Waals surface area contributed by atoms with E-state index < -0.39 is 0 Å². The molecule has 0 saturated heterocycles. The van der Waals surface area contributed by atoms with E-state index in [1.165, 1.54) is 43.8 Å². The second-order valence-electron chi connectivity index (χ2n) is 13.7. The van der Waals surface area contributed by atoms with Crippen LogP contribution in [-0.4, -0.2) is 0 Å². The fourth-order valence-corrected chi connectivity index (χ4v) is 8.01. The molecule has 0 aliphatic rings. The summed E-state index contributed by atoms with van der Waals surface area (Å²) >= 11 is 0. The van der Waals surface area contributed by atoms with Gasteiger partial charge in [-0.05, 0) is 111 Å². The largest absolute Gasteiger partial charge is 0.456 e. The van der Waals surface area contributed by atoms with Gasteiger partial charge in [0.1, 0.15) is 22.3 Å². The molecule has 11 aromatic rings. The van der Waals surface area contributed by atoms with Crippen LogP contribution in [-0.2, 0) is 0 Å². The average Bonchev–Trinajstić information content (AvgIpc) is 3.79. The molecule has 0 aliphatic carbocycles. The fourth-order valence-electron chi connectivity index (χ4n) is 8.01. The number of anilines is 3. The van der Waals surface area contributed by atoms with Gasteiger partial charge in [-0.3, -0.25) is 0 Å². The third-order valence-corrected chi connectivity index (χ3v) is 10.6. The molecule has 2 heterocycles. The van der Waals surface area contributed by atoms with E-state index in [-0.39, 0.29) is 0 Å². The molecule has 0 fully saturated rings. The van der Waals surface area contributed by atoms with Crippen molar-refractivity contribution >= 4 is 82.5 Å². The van der Waals surface area contributed by atoms with E-state index in [9.17, 15) is 0 Å². The van der Waals surface area contributed by atoms with Crippen molar-refractivity contribution in [1.82, 2.24) is 0 Å². The molecule has 0 N–H and O–H groups in total. The number of fused-ring (bicyclic) bond motifs is 9. The first-order chi connectivity index (χ1) is 26.2. The van der Waals surface area contributed by atoms with Gasteiger partial charge in [-0.15, -0.1) is 0 Å². The highest BCUT2D eigenvalue weighted by Gasteiger charge is 2.19. The summed E-state index contributed by atoms with van der Waals surface area (Å²) in [6.07, 6.45) is 0. The molecule has 0 amide bonds. The lowest BCUT2D eigenvalue weighted by atomic mass is 9.98. The molecule has 0 radical (unpaired) electrons. The summed E-state index contributed by atoms with van der Waals surface area (Å²) in [4.78, 5) is 2.32. The first kappa shape index (κ1) is 29.6. The predicted molar refractivity (Wildman–Crippen MR) is 222 cm³/mol. The molecule has 248 valence electrons. The smallest absolute Gasteiger partial charge is 0.137 e. The monoisotopic (exact) mass is 677 g/mol. The lowest BCUT2D eigenvalue weighted by Gasteiger charge is -2.26. The van der Waals surface area contributed by atoms with E-state index in [4.69, 9.17) is 8.83 Å². The molecule has 0 aliphatic heterocycles. The van der Waals surface area contributed by atoms with Crippen LogP contribution in [0.4, 0.5) is 17.1 Å². The minimum Gasteiger partial charge on any atom is -0.456 e. The zero-order valence-corrected chi connectivity index (χ0v) is 28.7. The maximum atomic E-state index is 6.51. The fraction of sp³-hybridized carbons (Fsp3) is 0. The predicted octanol–water partition coefficient (Wildman–Crippen LogP) is 14.6. The number of nitrogens with zero attached hydrogens (tertiary/aromatic N) is 1. The lowest BCUT2D eigenvalue weighted by Crippen LogP contribution is -2.09. The van der Waals surface area contributed by atoms with E-state index in [0.29, 0.717) is 0 Å². The molecular formula is C50H31NO2. The Bertz CT molecular complexity index is 3170. The van der Waals surface area contributed by atoms with Crippen LogP contribution in [0.25, 0.3) is 87.7 Å². The summed E-state index contributed by atoms with van der Waals surface area (Å²) in [6.45, 7) is 0. The molecule has 9 aromatic carbocycles. The molecule has 0 saturated carbocycles. The van der Waals surface area contributed by atoms with Crippen molar-refractivity contribution < 1.29 is 8.83 Å². The van der Waals surface area contributed by atoms with E-state index in [0.717, 1.165) is 60.9 Å². The molecule has 0 atom stereocenters. The molecule has 53 heavy (non-hydrogen) atoms. The summed E-state index contributed by atoms with van der Waals surface area (Å²) in [5, 5.41) is 9.26. The lowest BCUT2D eigenvalue weighted by molar-refractivity contribution is 0.668. The topological polar surface area (TPSA) is 29.5 Å². The van der Waals surface area contributed by atoms with Crippen molar-refractivity contribution in [1.29, 1.82) is 0 Å². The number of furan rings is 2. The summed E-state index contributed by atoms with van der Waals surface area (Å²) in [5.41, 5.74) is 11.3. The van der Waals surface area contributed by atoms with Crippen molar-refractivity contribution in [2.75, 3.05) is 4.90 Å². The van der Waals surface area contributed by atoms with E-state index in [2.05, 4.69) is 181 Å². The van der Waals surface area contributed by atoms with Gasteiger partial charge in [0.15, 0.2) is 0 Å². The molecular weight excluding hydrogens is 647 g/mol. The molecule has 0 bridgehead atoms. The van der Waals surface area contributed by atoms with Crippen molar-refractivity contribution in [3.05, 3.63) is 188 Å². The Balaban J connectivity index is 1.10. The molecule has 3 heteroatoms. The highest BCUT2D eigenvalue weighted by atomic mass is 16.3. The Labute approximate surface area is 305 Å². The third kappa shape index (κ3) is 4.90. The van der Waals surface area contributed by atoms with Crippen molar-refractivity contribution in [3.8, 4) is 22.3 Å². The Kier molecular flexibility index (Phi) is 6.55. The Morgan fingerprint density at radius 3 is 1.75 bits per heavy atom. The Morgan fingerprint density at radius 1 is 0.283 bits per heavy atom. The standard InChI is InChI=1S/C50H31NO2/c1-2-8-32(9-3-1)38-17-15-35-20-26-48-50(44(35)29-38)45-30-40(24-27-47(45)52-48)51(41-23-25-43-42-12-6-7-13-46(42)53-49(43)31-41)39-21-18-34(19-22-39)37-16-14-33-10-4-5-11-36(33)28-37/h1-31H. The van der Waals surface area contributed by atoms with Gasteiger partial charge in [0.25, 0.3) is 0 Å². The molecule has 0 spiro atoms. The van der Waals surface area contributed by atoms with Crippen LogP contribution >= 0.6 is 0 Å². The Hall–Kier alpha value is -7.10. The minimum atomic E-state index is 0.857. The zero-order valence-electron chi connectivity index (χ0n) is 28.7. The quantitative estimate of drug-likeness (QED) is 0.182. The van der Waals surface area contributed by atoms with Gasteiger partial charge in [0, 0.05) is 44.7 Å². The average molecular weight is 678 g/mol. The van der Waals surface area contributed by atoms with Gasteiger partial charge < -0.3 is 13.7 Å². The molecule has 11 rings (SSSR count). The van der Waals surface area contributed by atoms with Gasteiger partial charge in [-0.2, -0.15) is 0 Å². The molecule has 2 aromatic heterocycles. The van der Waals surface area contributed by atoms with Crippen molar-refractivity contribution in [2.24, 2.45) is 0 Å². The summed E-state index contributed by atoms with van der Waals surface area (Å²) in [6, 6.07) is 66.9. The summed E-state index contributed by atoms with van der Waals surface area (Å²) < 4.78 is 12.9. The summed E-state index contributed by atoms with van der Waals surface area (Å²) in [5.74, 6) is 0. The number of hydrogen-bond donors (Lipinski definition) is 0. The number of para-hydroxylation sites is 1. The van der Waals surface area contributed by atoms with E-state index in [1.54, 1.807) is 0 Å². The maximum absolute atomic E-state index is 6.51. The van der Waals surface area contributed by atoms with Crippen molar-refractivity contribution in [2.45, 2.75) is 0 Å².